The van der Waals surface area contributed by atoms with E-state index in [0.717, 1.165) is 30.5 Å². The van der Waals surface area contributed by atoms with Crippen LogP contribution in [0, 0.1) is 11.3 Å². The van der Waals surface area contributed by atoms with Crippen molar-refractivity contribution in [1.29, 1.82) is 5.26 Å². The number of anilines is 1. The van der Waals surface area contributed by atoms with Crippen LogP contribution in [0.5, 0.6) is 0 Å². The third-order valence-electron chi connectivity index (χ3n) is 4.54. The van der Waals surface area contributed by atoms with Crippen LogP contribution < -0.4 is 10.2 Å². The Hall–Kier alpha value is -2.42. The molecule has 0 radical (unpaired) electrons. The topological polar surface area (TPSA) is 56.1 Å². The summed E-state index contributed by atoms with van der Waals surface area (Å²) in [6.45, 7) is 2.17. The monoisotopic (exact) mass is 397 g/mol. The van der Waals surface area contributed by atoms with Crippen LogP contribution in [-0.4, -0.2) is 5.91 Å². The van der Waals surface area contributed by atoms with Crippen LogP contribution in [0.3, 0.4) is 0 Å². The summed E-state index contributed by atoms with van der Waals surface area (Å²) in [6, 6.07) is 17.4. The fourth-order valence-electron chi connectivity index (χ4n) is 3.06. The van der Waals surface area contributed by atoms with Crippen molar-refractivity contribution in [3.05, 3.63) is 75.3 Å². The van der Waals surface area contributed by atoms with Crippen LogP contribution in [0.1, 0.15) is 37.1 Å². The van der Waals surface area contributed by atoms with E-state index in [1.165, 1.54) is 5.56 Å². The Morgan fingerprint density at radius 1 is 1.19 bits per heavy atom. The largest absolute Gasteiger partial charge is 0.327 e. The van der Waals surface area contributed by atoms with Crippen molar-refractivity contribution in [3.8, 4) is 6.07 Å². The molecule has 0 spiro atoms. The molecule has 1 aliphatic heterocycles. The summed E-state index contributed by atoms with van der Waals surface area (Å²) in [5.74, 6) is -0.432. The van der Waals surface area contributed by atoms with E-state index in [0.29, 0.717) is 10.1 Å². The van der Waals surface area contributed by atoms with Crippen LogP contribution in [-0.2, 0) is 11.2 Å². The highest BCUT2D eigenvalue weighted by atomic mass is 35.5. The van der Waals surface area contributed by atoms with Gasteiger partial charge in [0.05, 0.1) is 5.03 Å². The molecule has 3 rings (SSSR count). The van der Waals surface area contributed by atoms with Gasteiger partial charge in [-0.1, -0.05) is 49.2 Å². The number of unbranched alkanes of at least 4 members (excludes halogenated alkanes) is 1. The molecule has 6 heteroatoms. The molecule has 4 nitrogen and oxygen atoms in total. The second-order valence-corrected chi connectivity index (χ2v) is 7.24. The Morgan fingerprint density at radius 2 is 1.85 bits per heavy atom. The second-order valence-electron chi connectivity index (χ2n) is 6.38. The van der Waals surface area contributed by atoms with E-state index in [-0.39, 0.29) is 5.57 Å². The summed E-state index contributed by atoms with van der Waals surface area (Å²) in [5.41, 5.74) is 2.97. The summed E-state index contributed by atoms with van der Waals surface area (Å²) in [5, 5.41) is 13.2. The predicted molar refractivity (Wildman–Crippen MR) is 111 cm³/mol. The summed E-state index contributed by atoms with van der Waals surface area (Å²) in [4.78, 5) is 14.2. The van der Waals surface area contributed by atoms with Crippen LogP contribution in [0.25, 0.3) is 0 Å². The molecule has 2 aromatic carbocycles. The van der Waals surface area contributed by atoms with E-state index in [1.807, 2.05) is 35.2 Å². The standard InChI is InChI=1S/C21H20ClN3OS/c1-2-3-4-14-5-11-17(12-6-14)25-19(15-7-9-16(22)10-8-15)24-20(26)18(13-23)21(25)27/h5-12,19,27H,2-4H2,1H3,(H,24,26). The molecule has 0 saturated carbocycles. The Labute approximate surface area is 169 Å². The molecule has 1 aliphatic rings. The van der Waals surface area contributed by atoms with E-state index >= 15 is 0 Å². The molecule has 1 N–H and O–H groups in total. The number of nitrogens with zero attached hydrogens (tertiary/aromatic N) is 2. The molecule has 1 amide bonds. The third kappa shape index (κ3) is 4.13. The van der Waals surface area contributed by atoms with Gasteiger partial charge in [0.15, 0.2) is 0 Å². The number of nitrogens with one attached hydrogen (secondary N) is 1. The maximum Gasteiger partial charge on any atom is 0.266 e. The Bertz CT molecular complexity index is 901. The number of carbonyl (C=O) groups is 1. The fraction of sp³-hybridized carbons (Fsp3) is 0.238. The second kappa shape index (κ2) is 8.51. The van der Waals surface area contributed by atoms with E-state index < -0.39 is 12.1 Å². The predicted octanol–water partition coefficient (Wildman–Crippen LogP) is 4.98. The normalized spacial score (nSPS) is 16.9. The number of rotatable bonds is 5. The highest BCUT2D eigenvalue weighted by Gasteiger charge is 2.33. The van der Waals surface area contributed by atoms with Crippen LogP contribution in [0.4, 0.5) is 5.69 Å². The SMILES string of the molecule is CCCCc1ccc(N2C(S)=C(C#N)C(=O)NC2c2ccc(Cl)cc2)cc1. The number of hydrogen-bond donors (Lipinski definition) is 2. The number of carbonyl (C=O) groups excluding carboxylic acids is 1. The molecule has 0 saturated heterocycles. The quantitative estimate of drug-likeness (QED) is 0.699. The minimum absolute atomic E-state index is 0.00129. The van der Waals surface area contributed by atoms with Gasteiger partial charge in [-0.2, -0.15) is 5.26 Å². The van der Waals surface area contributed by atoms with Gasteiger partial charge in [-0.25, -0.2) is 0 Å². The highest BCUT2D eigenvalue weighted by molar-refractivity contribution is 7.84. The van der Waals surface area contributed by atoms with Gasteiger partial charge in [0, 0.05) is 10.7 Å². The fourth-order valence-corrected chi connectivity index (χ4v) is 3.57. The summed E-state index contributed by atoms with van der Waals surface area (Å²) >= 11 is 10.5. The summed E-state index contributed by atoms with van der Waals surface area (Å²) in [7, 11) is 0. The number of aryl methyl sites for hydroxylation is 1. The molecule has 27 heavy (non-hydrogen) atoms. The van der Waals surface area contributed by atoms with Crippen molar-refractivity contribution in [3.63, 3.8) is 0 Å². The maximum atomic E-state index is 12.3. The zero-order chi connectivity index (χ0) is 19.4. The molecule has 1 heterocycles. The first-order valence-corrected chi connectivity index (χ1v) is 9.65. The lowest BCUT2D eigenvalue weighted by Crippen LogP contribution is -2.46. The highest BCUT2D eigenvalue weighted by Crippen LogP contribution is 2.36. The van der Waals surface area contributed by atoms with Crippen molar-refractivity contribution in [2.45, 2.75) is 32.4 Å². The Morgan fingerprint density at radius 3 is 2.44 bits per heavy atom. The smallest absolute Gasteiger partial charge is 0.266 e. The first kappa shape index (κ1) is 19.3. The van der Waals surface area contributed by atoms with Gasteiger partial charge < -0.3 is 10.2 Å². The minimum Gasteiger partial charge on any atom is -0.327 e. The molecule has 2 aromatic rings. The first-order valence-electron chi connectivity index (χ1n) is 8.83. The number of nitriles is 1. The minimum atomic E-state index is -0.471. The zero-order valence-electron chi connectivity index (χ0n) is 14.9. The summed E-state index contributed by atoms with van der Waals surface area (Å²) < 4.78 is 0. The molecule has 0 aromatic heterocycles. The van der Waals surface area contributed by atoms with Gasteiger partial charge >= 0.3 is 0 Å². The molecular weight excluding hydrogens is 378 g/mol. The average Bonchev–Trinajstić information content (AvgIpc) is 2.67. The van der Waals surface area contributed by atoms with Crippen molar-refractivity contribution < 1.29 is 4.79 Å². The average molecular weight is 398 g/mol. The van der Waals surface area contributed by atoms with Gasteiger partial charge in [-0.15, -0.1) is 12.6 Å². The van der Waals surface area contributed by atoms with Crippen LogP contribution in [0.2, 0.25) is 5.02 Å². The zero-order valence-corrected chi connectivity index (χ0v) is 16.6. The van der Waals surface area contributed by atoms with E-state index in [2.05, 4.69) is 37.0 Å². The first-order chi connectivity index (χ1) is 13.0. The van der Waals surface area contributed by atoms with Gasteiger partial charge in [0.25, 0.3) is 5.91 Å². The summed E-state index contributed by atoms with van der Waals surface area (Å²) in [6.07, 6.45) is 2.85. The lowest BCUT2D eigenvalue weighted by atomic mass is 10.0. The van der Waals surface area contributed by atoms with Crippen molar-refractivity contribution in [1.82, 2.24) is 5.32 Å². The van der Waals surface area contributed by atoms with Gasteiger partial charge in [-0.05, 0) is 48.2 Å². The number of halogens is 1. The lowest BCUT2D eigenvalue weighted by Gasteiger charge is -2.38. The maximum absolute atomic E-state index is 12.3. The van der Waals surface area contributed by atoms with Gasteiger partial charge in [0.2, 0.25) is 0 Å². The van der Waals surface area contributed by atoms with Crippen molar-refractivity contribution >= 4 is 35.8 Å². The molecule has 138 valence electrons. The van der Waals surface area contributed by atoms with Crippen molar-refractivity contribution in [2.24, 2.45) is 0 Å². The van der Waals surface area contributed by atoms with E-state index in [1.54, 1.807) is 12.1 Å². The molecule has 1 unspecified atom stereocenters. The van der Waals surface area contributed by atoms with Crippen LogP contribution in [0.15, 0.2) is 59.1 Å². The molecule has 0 fully saturated rings. The lowest BCUT2D eigenvalue weighted by molar-refractivity contribution is -0.118. The molecular formula is C21H20ClN3OS. The molecule has 1 atom stereocenters. The molecule has 0 aliphatic carbocycles. The van der Waals surface area contributed by atoms with E-state index in [9.17, 15) is 10.1 Å². The van der Waals surface area contributed by atoms with Gasteiger partial charge in [-0.3, -0.25) is 4.79 Å². The van der Waals surface area contributed by atoms with Gasteiger partial charge in [0.1, 0.15) is 17.8 Å². The number of benzene rings is 2. The number of hydrogen-bond acceptors (Lipinski definition) is 4. The molecule has 0 bridgehead atoms. The third-order valence-corrected chi connectivity index (χ3v) is 5.23. The Balaban J connectivity index is 2.03. The Kier molecular flexibility index (Phi) is 6.10. The van der Waals surface area contributed by atoms with Crippen LogP contribution >= 0.6 is 24.2 Å². The van der Waals surface area contributed by atoms with Crippen molar-refractivity contribution in [2.75, 3.05) is 4.90 Å². The van der Waals surface area contributed by atoms with E-state index in [4.69, 9.17) is 11.6 Å². The number of amides is 1. The number of thiol groups is 1.